The third-order valence-corrected chi connectivity index (χ3v) is 8.62. The normalized spacial score (nSPS) is 21.7. The Kier molecular flexibility index (Phi) is 10.4. The Labute approximate surface area is 253 Å². The lowest BCUT2D eigenvalue weighted by Gasteiger charge is -2.39. The van der Waals surface area contributed by atoms with Crippen molar-refractivity contribution in [2.45, 2.75) is 71.0 Å². The molecule has 2 atom stereocenters. The van der Waals surface area contributed by atoms with E-state index in [4.69, 9.17) is 19.4 Å². The number of hydrogen-bond donors (Lipinski definition) is 1. The molecule has 1 aromatic carbocycles. The van der Waals surface area contributed by atoms with Crippen molar-refractivity contribution < 1.29 is 18.3 Å². The summed E-state index contributed by atoms with van der Waals surface area (Å²) >= 11 is 0. The van der Waals surface area contributed by atoms with E-state index in [2.05, 4.69) is 45.8 Å². The minimum Gasteiger partial charge on any atom is -0.383 e. The first-order valence-electron chi connectivity index (χ1n) is 15.3. The number of aromatic nitrogens is 4. The average molecular weight is 596 g/mol. The van der Waals surface area contributed by atoms with Crippen molar-refractivity contribution >= 4 is 22.8 Å². The van der Waals surface area contributed by atoms with Crippen LogP contribution in [0.1, 0.15) is 58.7 Å². The van der Waals surface area contributed by atoms with Crippen LogP contribution < -0.4 is 10.2 Å². The summed E-state index contributed by atoms with van der Waals surface area (Å²) in [5, 5.41) is 3.47. The molecule has 232 valence electrons. The highest BCUT2D eigenvalue weighted by atomic mass is 19.3. The van der Waals surface area contributed by atoms with Crippen LogP contribution >= 0.6 is 0 Å². The molecule has 0 radical (unpaired) electrons. The average Bonchev–Trinajstić information content (AvgIpc) is 3.41. The van der Waals surface area contributed by atoms with Crippen molar-refractivity contribution in [3.63, 3.8) is 0 Å². The van der Waals surface area contributed by atoms with E-state index in [1.165, 1.54) is 4.57 Å². The van der Waals surface area contributed by atoms with Gasteiger partial charge in [-0.15, -0.1) is 5.92 Å². The lowest BCUT2D eigenvalue weighted by atomic mass is 9.84. The first-order valence-corrected chi connectivity index (χ1v) is 15.3. The Bertz CT molecular complexity index is 1410. The molecule has 2 aliphatic rings. The molecule has 1 aliphatic carbocycles. The molecule has 2 fully saturated rings. The molecule has 1 saturated heterocycles. The van der Waals surface area contributed by atoms with Gasteiger partial charge in [-0.1, -0.05) is 18.1 Å². The number of hydrogen-bond acceptors (Lipinski definition) is 8. The first kappa shape index (κ1) is 31.1. The van der Waals surface area contributed by atoms with Gasteiger partial charge >= 0.3 is 0 Å². The van der Waals surface area contributed by atoms with Crippen molar-refractivity contribution in [2.24, 2.45) is 5.92 Å². The number of imidazole rings is 1. The van der Waals surface area contributed by atoms with Crippen LogP contribution in [0, 0.1) is 17.8 Å². The molecule has 0 amide bonds. The van der Waals surface area contributed by atoms with Crippen molar-refractivity contribution in [2.75, 3.05) is 56.8 Å². The standard InChI is InChI=1S/C32H43F2N7O2/c1-5-6-15-39(22(2)20-42-4)25-13-11-24(12-14-25)19-35-32-37-28(40-16-17-43-21-23(40)3)18-29(38-32)41-27-10-8-7-9-26(27)36-31(41)30(33)34/h7-10,18,22-25,30H,11-17,19-21H2,1-4H3,(H,35,37,38)/t22?,23-,24?,25?/m0/s1. The molecule has 1 saturated carbocycles. The van der Waals surface area contributed by atoms with Gasteiger partial charge in [0.1, 0.15) is 11.6 Å². The van der Waals surface area contributed by atoms with Crippen molar-refractivity contribution in [3.8, 4) is 17.7 Å². The van der Waals surface area contributed by atoms with E-state index in [9.17, 15) is 8.78 Å². The molecule has 1 N–H and O–H groups in total. The van der Waals surface area contributed by atoms with Gasteiger partial charge < -0.3 is 19.7 Å². The molecular formula is C32H43F2N7O2. The van der Waals surface area contributed by atoms with Gasteiger partial charge in [0.05, 0.1) is 43.4 Å². The van der Waals surface area contributed by atoms with E-state index < -0.39 is 6.43 Å². The Morgan fingerprint density at radius 1 is 1.14 bits per heavy atom. The summed E-state index contributed by atoms with van der Waals surface area (Å²) in [5.41, 5.74) is 1.09. The minimum atomic E-state index is -2.76. The van der Waals surface area contributed by atoms with Crippen LogP contribution in [0.25, 0.3) is 16.9 Å². The molecule has 43 heavy (non-hydrogen) atoms. The fourth-order valence-corrected chi connectivity index (χ4v) is 6.33. The summed E-state index contributed by atoms with van der Waals surface area (Å²) in [4.78, 5) is 18.5. The molecule has 0 spiro atoms. The summed E-state index contributed by atoms with van der Waals surface area (Å²) in [7, 11) is 1.74. The summed E-state index contributed by atoms with van der Waals surface area (Å²) in [5.74, 6) is 7.89. The number of benzene rings is 1. The summed E-state index contributed by atoms with van der Waals surface area (Å²) in [6.07, 6.45) is 1.56. The SMILES string of the molecule is CC#CCN(C(C)COC)C1CCC(CNc2nc(N3CCOC[C@@H]3C)cc(-n3c(C(F)F)nc4ccccc43)n2)CC1. The van der Waals surface area contributed by atoms with E-state index in [-0.39, 0.29) is 11.9 Å². The second kappa shape index (κ2) is 14.4. The Morgan fingerprint density at radius 3 is 2.63 bits per heavy atom. The third-order valence-electron chi connectivity index (χ3n) is 8.62. The largest absolute Gasteiger partial charge is 0.383 e. The monoisotopic (exact) mass is 595 g/mol. The van der Waals surface area contributed by atoms with Crippen LogP contribution in [0.2, 0.25) is 0 Å². The molecule has 3 heterocycles. The maximum atomic E-state index is 14.2. The van der Waals surface area contributed by atoms with Gasteiger partial charge in [-0.05, 0) is 64.5 Å². The number of morpholine rings is 1. The highest BCUT2D eigenvalue weighted by molar-refractivity contribution is 5.78. The highest BCUT2D eigenvalue weighted by Crippen LogP contribution is 2.31. The van der Waals surface area contributed by atoms with Crippen LogP contribution in [-0.2, 0) is 9.47 Å². The van der Waals surface area contributed by atoms with Crippen molar-refractivity contribution in [3.05, 3.63) is 36.2 Å². The van der Waals surface area contributed by atoms with E-state index in [1.807, 2.05) is 13.0 Å². The topological polar surface area (TPSA) is 80.6 Å². The number of fused-ring (bicyclic) bond motifs is 1. The smallest absolute Gasteiger partial charge is 0.296 e. The van der Waals surface area contributed by atoms with Gasteiger partial charge in [0.2, 0.25) is 5.95 Å². The van der Waals surface area contributed by atoms with E-state index in [0.717, 1.165) is 32.2 Å². The number of nitrogens with zero attached hydrogens (tertiary/aromatic N) is 6. The first-order chi connectivity index (χ1) is 20.9. The fourth-order valence-electron chi connectivity index (χ4n) is 6.33. The molecule has 1 aliphatic heterocycles. The van der Waals surface area contributed by atoms with Crippen LogP contribution in [-0.4, -0.2) is 89.1 Å². The lowest BCUT2D eigenvalue weighted by molar-refractivity contribution is 0.0598. The predicted octanol–water partition coefficient (Wildman–Crippen LogP) is 5.31. The summed E-state index contributed by atoms with van der Waals surface area (Å²) < 4.78 is 41.0. The molecule has 2 aromatic heterocycles. The molecule has 0 bridgehead atoms. The molecule has 9 nitrogen and oxygen atoms in total. The van der Waals surface area contributed by atoms with E-state index >= 15 is 0 Å². The maximum absolute atomic E-state index is 14.2. The number of halogens is 2. The van der Waals surface area contributed by atoms with Crippen LogP contribution in [0.4, 0.5) is 20.5 Å². The van der Waals surface area contributed by atoms with Gasteiger partial charge in [0.15, 0.2) is 5.82 Å². The maximum Gasteiger partial charge on any atom is 0.296 e. The van der Waals surface area contributed by atoms with Gasteiger partial charge in [-0.3, -0.25) is 9.47 Å². The number of alkyl halides is 2. The number of ether oxygens (including phenoxy) is 2. The predicted molar refractivity (Wildman–Crippen MR) is 165 cm³/mol. The molecular weight excluding hydrogens is 552 g/mol. The van der Waals surface area contributed by atoms with Gasteiger partial charge in [-0.2, -0.15) is 9.97 Å². The van der Waals surface area contributed by atoms with Crippen molar-refractivity contribution in [1.82, 2.24) is 24.4 Å². The third kappa shape index (κ3) is 7.25. The van der Waals surface area contributed by atoms with Gasteiger partial charge in [0, 0.05) is 38.3 Å². The van der Waals surface area contributed by atoms with Gasteiger partial charge in [0.25, 0.3) is 6.43 Å². The quantitative estimate of drug-likeness (QED) is 0.299. The second-order valence-corrected chi connectivity index (χ2v) is 11.6. The molecule has 1 unspecified atom stereocenters. The van der Waals surface area contributed by atoms with Gasteiger partial charge in [-0.25, -0.2) is 13.8 Å². The van der Waals surface area contributed by atoms with E-state index in [0.29, 0.717) is 79.5 Å². The Hall–Kier alpha value is -3.33. The fraction of sp³-hybridized carbons (Fsp3) is 0.594. The molecule has 11 heteroatoms. The Morgan fingerprint density at radius 2 is 1.91 bits per heavy atom. The lowest BCUT2D eigenvalue weighted by Crippen LogP contribution is -2.46. The van der Waals surface area contributed by atoms with Crippen molar-refractivity contribution in [1.29, 1.82) is 0 Å². The van der Waals surface area contributed by atoms with Crippen LogP contribution in [0.3, 0.4) is 0 Å². The number of rotatable bonds is 11. The second-order valence-electron chi connectivity index (χ2n) is 11.6. The van der Waals surface area contributed by atoms with E-state index in [1.54, 1.807) is 31.4 Å². The van der Waals surface area contributed by atoms with Crippen LogP contribution in [0.5, 0.6) is 0 Å². The number of anilines is 2. The Balaban J connectivity index is 1.37. The zero-order valence-corrected chi connectivity index (χ0v) is 25.6. The number of methoxy groups -OCH3 is 1. The highest BCUT2D eigenvalue weighted by Gasteiger charge is 2.29. The number of para-hydroxylation sites is 2. The van der Waals surface area contributed by atoms with Crippen LogP contribution in [0.15, 0.2) is 30.3 Å². The molecule has 3 aromatic rings. The summed E-state index contributed by atoms with van der Waals surface area (Å²) in [6.45, 7) is 10.1. The molecule has 5 rings (SSSR count). The zero-order chi connectivity index (χ0) is 30.3. The number of nitrogens with one attached hydrogen (secondary N) is 1. The minimum absolute atomic E-state index is 0.0922. The summed E-state index contributed by atoms with van der Waals surface area (Å²) in [6, 6.07) is 9.81. The zero-order valence-electron chi connectivity index (χ0n) is 25.6.